The number of carbonyl (C=O) groups excluding carboxylic acids is 1. The number of hydrogen-bond acceptors (Lipinski definition) is 7. The molecular weight excluding hydrogens is 300 g/mol. The van der Waals surface area contributed by atoms with Gasteiger partial charge in [-0.25, -0.2) is 15.0 Å². The summed E-state index contributed by atoms with van der Waals surface area (Å²) in [6.45, 7) is 0.00213. The van der Waals surface area contributed by atoms with Crippen molar-refractivity contribution in [2.45, 2.75) is 31.0 Å². The molecule has 0 bridgehead atoms. The third-order valence-electron chi connectivity index (χ3n) is 4.45. The van der Waals surface area contributed by atoms with Crippen molar-refractivity contribution in [2.24, 2.45) is 0 Å². The summed E-state index contributed by atoms with van der Waals surface area (Å²) >= 11 is 0. The van der Waals surface area contributed by atoms with Crippen LogP contribution in [0, 0.1) is 0 Å². The lowest BCUT2D eigenvalue weighted by molar-refractivity contribution is -0.137. The number of nitrogens with zero attached hydrogens (tertiary/aromatic N) is 5. The lowest BCUT2D eigenvalue weighted by atomic mass is 10.1. The zero-order chi connectivity index (χ0) is 16.6. The second-order valence-corrected chi connectivity index (χ2v) is 5.72. The summed E-state index contributed by atoms with van der Waals surface area (Å²) in [6.07, 6.45) is 3.68. The number of rotatable bonds is 4. The number of aliphatic hydroxyl groups excluding tert-OH is 1. The van der Waals surface area contributed by atoms with Crippen molar-refractivity contribution < 1.29 is 14.6 Å². The minimum atomic E-state index is -0.714. The number of aliphatic hydroxyl groups is 1. The normalized spacial score (nSPS) is 24.2. The maximum absolute atomic E-state index is 12.0. The Hall–Kier alpha value is -2.26. The minimum Gasteiger partial charge on any atom is -0.389 e. The number of aromatic nitrogens is 4. The molecule has 0 spiro atoms. The van der Waals surface area contributed by atoms with E-state index >= 15 is 0 Å². The van der Waals surface area contributed by atoms with Gasteiger partial charge in [0, 0.05) is 14.2 Å². The fourth-order valence-electron chi connectivity index (χ4n) is 3.19. The van der Waals surface area contributed by atoms with Crippen LogP contribution in [-0.2, 0) is 9.53 Å². The third kappa shape index (κ3) is 2.62. The molecule has 3 N–H and O–H groups in total. The van der Waals surface area contributed by atoms with E-state index in [0.717, 1.165) is 0 Å². The van der Waals surface area contributed by atoms with Gasteiger partial charge in [-0.3, -0.25) is 4.79 Å². The van der Waals surface area contributed by atoms with Gasteiger partial charge < -0.3 is 25.0 Å². The van der Waals surface area contributed by atoms with E-state index in [1.807, 2.05) is 4.57 Å². The highest BCUT2D eigenvalue weighted by Gasteiger charge is 2.40. The van der Waals surface area contributed by atoms with Gasteiger partial charge in [0.15, 0.2) is 11.5 Å². The average Bonchev–Trinajstić information content (AvgIpc) is 3.11. The Morgan fingerprint density at radius 3 is 3.00 bits per heavy atom. The van der Waals surface area contributed by atoms with Crippen molar-refractivity contribution in [3.63, 3.8) is 0 Å². The van der Waals surface area contributed by atoms with Gasteiger partial charge in [0.05, 0.1) is 24.5 Å². The molecule has 0 aliphatic heterocycles. The van der Waals surface area contributed by atoms with Crippen LogP contribution >= 0.6 is 0 Å². The van der Waals surface area contributed by atoms with Gasteiger partial charge in [0.1, 0.15) is 18.5 Å². The summed E-state index contributed by atoms with van der Waals surface area (Å²) in [5, 5.41) is 10.7. The van der Waals surface area contributed by atoms with Gasteiger partial charge in [-0.05, 0) is 12.8 Å². The number of anilines is 1. The standard InChI is InChI=1S/C14H20N6O3/c1-19(10(21)5-23-2)8-3-4-9(12(8)22)20-7-18-11-13(15)16-6-17-14(11)20/h6-9,12,22H,3-5H2,1-2H3,(H2,15,16,17)/t8-,9+,12+/m1/s1. The molecule has 124 valence electrons. The summed E-state index contributed by atoms with van der Waals surface area (Å²) in [5.74, 6) is 0.157. The predicted molar refractivity (Wildman–Crippen MR) is 82.4 cm³/mol. The summed E-state index contributed by atoms with van der Waals surface area (Å²) in [7, 11) is 3.16. The van der Waals surface area contributed by atoms with Gasteiger partial charge in [0.2, 0.25) is 5.91 Å². The molecule has 1 aliphatic carbocycles. The molecule has 2 aromatic heterocycles. The second-order valence-electron chi connectivity index (χ2n) is 5.72. The number of amides is 1. The molecular formula is C14H20N6O3. The lowest BCUT2D eigenvalue weighted by Gasteiger charge is -2.29. The van der Waals surface area contributed by atoms with Crippen LogP contribution in [-0.4, -0.2) is 68.3 Å². The first-order chi connectivity index (χ1) is 11.0. The summed E-state index contributed by atoms with van der Waals surface area (Å²) in [4.78, 5) is 25.9. The SMILES string of the molecule is COCC(=O)N(C)[C@@H]1CC[C@H](n2cnc3c(N)ncnc32)[C@H]1O. The highest BCUT2D eigenvalue weighted by molar-refractivity contribution is 5.81. The number of nitrogens with two attached hydrogens (primary N) is 1. The topological polar surface area (TPSA) is 119 Å². The fourth-order valence-corrected chi connectivity index (χ4v) is 3.19. The van der Waals surface area contributed by atoms with Gasteiger partial charge >= 0.3 is 0 Å². The molecule has 2 aromatic rings. The first kappa shape index (κ1) is 15.6. The minimum absolute atomic E-state index is 0.00213. The first-order valence-electron chi connectivity index (χ1n) is 7.40. The number of carbonyl (C=O) groups is 1. The largest absolute Gasteiger partial charge is 0.389 e. The Bertz CT molecular complexity index is 718. The maximum Gasteiger partial charge on any atom is 0.248 e. The maximum atomic E-state index is 12.0. The van der Waals surface area contributed by atoms with Gasteiger partial charge in [0.25, 0.3) is 0 Å². The number of nitrogen functional groups attached to an aromatic ring is 1. The molecule has 0 radical (unpaired) electrons. The lowest BCUT2D eigenvalue weighted by Crippen LogP contribution is -2.44. The van der Waals surface area contributed by atoms with Crippen LogP contribution < -0.4 is 5.73 Å². The Morgan fingerprint density at radius 2 is 2.26 bits per heavy atom. The number of likely N-dealkylation sites (N-methyl/N-ethyl adjacent to an activating group) is 1. The number of imidazole rings is 1. The van der Waals surface area contributed by atoms with E-state index in [-0.39, 0.29) is 24.6 Å². The van der Waals surface area contributed by atoms with Gasteiger partial charge in [-0.15, -0.1) is 0 Å². The summed E-state index contributed by atoms with van der Waals surface area (Å²) in [6, 6.07) is -0.476. The molecule has 3 rings (SSSR count). The molecule has 2 heterocycles. The molecule has 23 heavy (non-hydrogen) atoms. The Labute approximate surface area is 133 Å². The molecule has 1 saturated carbocycles. The Kier molecular flexibility index (Phi) is 4.14. The fraction of sp³-hybridized carbons (Fsp3) is 0.571. The van der Waals surface area contributed by atoms with Crippen LogP contribution in [0.2, 0.25) is 0 Å². The molecule has 0 aromatic carbocycles. The van der Waals surface area contributed by atoms with Crippen molar-refractivity contribution >= 4 is 22.9 Å². The zero-order valence-electron chi connectivity index (χ0n) is 13.1. The van der Waals surface area contributed by atoms with E-state index < -0.39 is 6.10 Å². The van der Waals surface area contributed by atoms with Crippen LogP contribution in [0.4, 0.5) is 5.82 Å². The van der Waals surface area contributed by atoms with Crippen molar-refractivity contribution in [1.29, 1.82) is 0 Å². The van der Waals surface area contributed by atoms with Crippen LogP contribution in [0.1, 0.15) is 18.9 Å². The molecule has 3 atom stereocenters. The smallest absolute Gasteiger partial charge is 0.248 e. The highest BCUT2D eigenvalue weighted by atomic mass is 16.5. The Morgan fingerprint density at radius 1 is 1.48 bits per heavy atom. The van der Waals surface area contributed by atoms with Gasteiger partial charge in [-0.2, -0.15) is 0 Å². The average molecular weight is 320 g/mol. The van der Waals surface area contributed by atoms with E-state index in [2.05, 4.69) is 15.0 Å². The molecule has 1 amide bonds. The third-order valence-corrected chi connectivity index (χ3v) is 4.45. The van der Waals surface area contributed by atoms with Gasteiger partial charge in [-0.1, -0.05) is 0 Å². The second kappa shape index (κ2) is 6.09. The Balaban J connectivity index is 1.85. The van der Waals surface area contributed by atoms with E-state index in [4.69, 9.17) is 10.5 Å². The van der Waals surface area contributed by atoms with Crippen LogP contribution in [0.25, 0.3) is 11.2 Å². The molecule has 1 aliphatic rings. The van der Waals surface area contributed by atoms with Crippen molar-refractivity contribution in [3.8, 4) is 0 Å². The van der Waals surface area contributed by atoms with Crippen LogP contribution in [0.5, 0.6) is 0 Å². The number of hydrogen-bond donors (Lipinski definition) is 2. The highest BCUT2D eigenvalue weighted by Crippen LogP contribution is 2.35. The number of ether oxygens (including phenoxy) is 1. The van der Waals surface area contributed by atoms with Crippen molar-refractivity contribution in [3.05, 3.63) is 12.7 Å². The van der Waals surface area contributed by atoms with E-state index in [0.29, 0.717) is 29.8 Å². The van der Waals surface area contributed by atoms with Crippen molar-refractivity contribution in [2.75, 3.05) is 26.5 Å². The van der Waals surface area contributed by atoms with E-state index in [1.54, 1.807) is 18.3 Å². The summed E-state index contributed by atoms with van der Waals surface area (Å²) in [5.41, 5.74) is 6.91. The predicted octanol–water partition coefficient (Wildman–Crippen LogP) is -0.422. The molecule has 0 saturated heterocycles. The van der Waals surface area contributed by atoms with Crippen molar-refractivity contribution in [1.82, 2.24) is 24.4 Å². The molecule has 0 unspecified atom stereocenters. The monoisotopic (exact) mass is 320 g/mol. The molecule has 9 heteroatoms. The quantitative estimate of drug-likeness (QED) is 0.785. The molecule has 9 nitrogen and oxygen atoms in total. The van der Waals surface area contributed by atoms with E-state index in [9.17, 15) is 9.90 Å². The number of fused-ring (bicyclic) bond motifs is 1. The van der Waals surface area contributed by atoms with E-state index in [1.165, 1.54) is 13.4 Å². The number of methoxy groups -OCH3 is 1. The summed E-state index contributed by atoms with van der Waals surface area (Å²) < 4.78 is 6.68. The zero-order valence-corrected chi connectivity index (χ0v) is 13.1. The molecule has 1 fully saturated rings. The van der Waals surface area contributed by atoms with Crippen LogP contribution in [0.3, 0.4) is 0 Å². The first-order valence-corrected chi connectivity index (χ1v) is 7.40. The van der Waals surface area contributed by atoms with Crippen LogP contribution in [0.15, 0.2) is 12.7 Å².